The number of hydrogen-bond acceptors (Lipinski definition) is 2. The lowest BCUT2D eigenvalue weighted by molar-refractivity contribution is -0.122. The Morgan fingerprint density at radius 1 is 1.21 bits per heavy atom. The fourth-order valence-electron chi connectivity index (χ4n) is 2.90. The summed E-state index contributed by atoms with van der Waals surface area (Å²) in [6.45, 7) is 4.37. The van der Waals surface area contributed by atoms with Crippen LogP contribution in [0, 0.1) is 19.8 Å². The molecule has 1 atom stereocenters. The number of amides is 2. The van der Waals surface area contributed by atoms with Crippen LogP contribution in [0.2, 0.25) is 0 Å². The molecule has 1 fully saturated rings. The molecular formula is C19H19BrN2O2. The van der Waals surface area contributed by atoms with Gasteiger partial charge in [-0.05, 0) is 55.3 Å². The molecule has 1 unspecified atom stereocenters. The quantitative estimate of drug-likeness (QED) is 0.864. The predicted molar refractivity (Wildman–Crippen MR) is 99.1 cm³/mol. The van der Waals surface area contributed by atoms with E-state index in [4.69, 9.17) is 0 Å². The Morgan fingerprint density at radius 2 is 2.00 bits per heavy atom. The van der Waals surface area contributed by atoms with Crippen LogP contribution in [0.5, 0.6) is 0 Å². The zero-order valence-corrected chi connectivity index (χ0v) is 15.3. The lowest BCUT2D eigenvalue weighted by atomic mass is 10.1. The van der Waals surface area contributed by atoms with E-state index in [1.807, 2.05) is 56.3 Å². The van der Waals surface area contributed by atoms with E-state index < -0.39 is 0 Å². The van der Waals surface area contributed by atoms with Crippen molar-refractivity contribution in [3.63, 3.8) is 0 Å². The summed E-state index contributed by atoms with van der Waals surface area (Å²) in [4.78, 5) is 26.5. The van der Waals surface area contributed by atoms with Crippen molar-refractivity contribution >= 4 is 39.1 Å². The van der Waals surface area contributed by atoms with Gasteiger partial charge in [0.1, 0.15) is 0 Å². The molecule has 2 aromatic carbocycles. The van der Waals surface area contributed by atoms with Crippen LogP contribution < -0.4 is 10.2 Å². The SMILES string of the molecule is Cc1cccc(NC(=O)C2CC(=O)N(c3ccc(Br)c(C)c3)C2)c1. The number of carbonyl (C=O) groups is 2. The molecule has 1 heterocycles. The Labute approximate surface area is 150 Å². The number of nitrogens with one attached hydrogen (secondary N) is 1. The molecule has 2 aromatic rings. The molecule has 5 heteroatoms. The molecule has 1 N–H and O–H groups in total. The Morgan fingerprint density at radius 3 is 2.71 bits per heavy atom. The minimum atomic E-state index is -0.332. The van der Waals surface area contributed by atoms with E-state index in [1.54, 1.807) is 4.90 Å². The highest BCUT2D eigenvalue weighted by atomic mass is 79.9. The zero-order valence-electron chi connectivity index (χ0n) is 13.7. The maximum absolute atomic E-state index is 12.5. The van der Waals surface area contributed by atoms with Crippen LogP contribution in [0.3, 0.4) is 0 Å². The molecule has 124 valence electrons. The smallest absolute Gasteiger partial charge is 0.229 e. The van der Waals surface area contributed by atoms with E-state index in [-0.39, 0.29) is 24.2 Å². The third-order valence-corrected chi connectivity index (χ3v) is 5.12. The number of rotatable bonds is 3. The second kappa shape index (κ2) is 6.77. The van der Waals surface area contributed by atoms with Crippen molar-refractivity contribution < 1.29 is 9.59 Å². The average molecular weight is 387 g/mol. The predicted octanol–water partition coefficient (Wildman–Crippen LogP) is 4.06. The highest BCUT2D eigenvalue weighted by molar-refractivity contribution is 9.10. The van der Waals surface area contributed by atoms with Crippen molar-refractivity contribution in [2.24, 2.45) is 5.92 Å². The van der Waals surface area contributed by atoms with Crippen LogP contribution >= 0.6 is 15.9 Å². The van der Waals surface area contributed by atoms with E-state index >= 15 is 0 Å². The molecule has 4 nitrogen and oxygen atoms in total. The largest absolute Gasteiger partial charge is 0.326 e. The van der Waals surface area contributed by atoms with Crippen molar-refractivity contribution in [1.82, 2.24) is 0 Å². The Balaban J connectivity index is 1.72. The third-order valence-electron chi connectivity index (χ3n) is 4.23. The first kappa shape index (κ1) is 16.7. The van der Waals surface area contributed by atoms with E-state index in [0.29, 0.717) is 6.54 Å². The van der Waals surface area contributed by atoms with E-state index in [9.17, 15) is 9.59 Å². The lowest BCUT2D eigenvalue weighted by Crippen LogP contribution is -2.28. The summed E-state index contributed by atoms with van der Waals surface area (Å²) in [5.74, 6) is -0.451. The summed E-state index contributed by atoms with van der Waals surface area (Å²) < 4.78 is 1.01. The van der Waals surface area contributed by atoms with Crippen LogP contribution in [0.25, 0.3) is 0 Å². The third kappa shape index (κ3) is 3.51. The molecule has 0 aliphatic carbocycles. The van der Waals surface area contributed by atoms with Gasteiger partial charge in [0.25, 0.3) is 0 Å². The first-order valence-electron chi connectivity index (χ1n) is 7.88. The van der Waals surface area contributed by atoms with Gasteiger partial charge < -0.3 is 10.2 Å². The molecule has 0 saturated carbocycles. The van der Waals surface area contributed by atoms with Gasteiger partial charge in [-0.15, -0.1) is 0 Å². The van der Waals surface area contributed by atoms with Crippen LogP contribution in [-0.4, -0.2) is 18.4 Å². The highest BCUT2D eigenvalue weighted by Gasteiger charge is 2.35. The molecule has 2 amide bonds. The van der Waals surface area contributed by atoms with Gasteiger partial charge in [-0.2, -0.15) is 0 Å². The molecular weight excluding hydrogens is 368 g/mol. The summed E-state index contributed by atoms with van der Waals surface area (Å²) in [5.41, 5.74) is 3.76. The van der Waals surface area contributed by atoms with Crippen molar-refractivity contribution in [3.8, 4) is 0 Å². The van der Waals surface area contributed by atoms with Crippen molar-refractivity contribution in [2.75, 3.05) is 16.8 Å². The fraction of sp³-hybridized carbons (Fsp3) is 0.263. The molecule has 1 saturated heterocycles. The van der Waals surface area contributed by atoms with E-state index in [1.165, 1.54) is 0 Å². The summed E-state index contributed by atoms with van der Waals surface area (Å²) in [6.07, 6.45) is 0.243. The maximum Gasteiger partial charge on any atom is 0.229 e. The van der Waals surface area contributed by atoms with Gasteiger partial charge in [-0.1, -0.05) is 28.1 Å². The van der Waals surface area contributed by atoms with Gasteiger partial charge in [-0.3, -0.25) is 9.59 Å². The number of carbonyl (C=O) groups excluding carboxylic acids is 2. The van der Waals surface area contributed by atoms with Crippen LogP contribution in [0.1, 0.15) is 17.5 Å². The summed E-state index contributed by atoms with van der Waals surface area (Å²) in [6, 6.07) is 13.5. The normalized spacial score (nSPS) is 17.2. The number of benzene rings is 2. The number of nitrogens with zero attached hydrogens (tertiary/aromatic N) is 1. The molecule has 0 aromatic heterocycles. The Kier molecular flexibility index (Phi) is 4.71. The zero-order chi connectivity index (χ0) is 17.3. The minimum absolute atomic E-state index is 0.0129. The van der Waals surface area contributed by atoms with Crippen LogP contribution in [0.4, 0.5) is 11.4 Å². The number of halogens is 1. The first-order chi connectivity index (χ1) is 11.4. The number of hydrogen-bond donors (Lipinski definition) is 1. The molecule has 0 bridgehead atoms. The van der Waals surface area contributed by atoms with Crippen LogP contribution in [0.15, 0.2) is 46.9 Å². The second-order valence-corrected chi connectivity index (χ2v) is 7.05. The molecule has 0 spiro atoms. The molecule has 1 aliphatic heterocycles. The molecule has 24 heavy (non-hydrogen) atoms. The summed E-state index contributed by atoms with van der Waals surface area (Å²) >= 11 is 3.46. The first-order valence-corrected chi connectivity index (χ1v) is 8.67. The van der Waals surface area contributed by atoms with Gasteiger partial charge in [-0.25, -0.2) is 0 Å². The topological polar surface area (TPSA) is 49.4 Å². The van der Waals surface area contributed by atoms with Crippen molar-refractivity contribution in [2.45, 2.75) is 20.3 Å². The van der Waals surface area contributed by atoms with Crippen molar-refractivity contribution in [1.29, 1.82) is 0 Å². The van der Waals surface area contributed by atoms with Gasteiger partial charge in [0.15, 0.2) is 0 Å². The number of aryl methyl sites for hydroxylation is 2. The summed E-state index contributed by atoms with van der Waals surface area (Å²) in [7, 11) is 0. The standard InChI is InChI=1S/C19H19BrN2O2/c1-12-4-3-5-15(8-12)21-19(24)14-10-18(23)22(11-14)16-6-7-17(20)13(2)9-16/h3-9,14H,10-11H2,1-2H3,(H,21,24). The molecule has 3 rings (SSSR count). The maximum atomic E-state index is 12.5. The monoisotopic (exact) mass is 386 g/mol. The Bertz CT molecular complexity index is 804. The van der Waals surface area contributed by atoms with Crippen LogP contribution in [-0.2, 0) is 9.59 Å². The van der Waals surface area contributed by atoms with Gasteiger partial charge in [0.2, 0.25) is 11.8 Å². The fourth-order valence-corrected chi connectivity index (χ4v) is 3.14. The van der Waals surface area contributed by atoms with Gasteiger partial charge in [0, 0.05) is 28.8 Å². The number of anilines is 2. The van der Waals surface area contributed by atoms with Gasteiger partial charge in [0.05, 0.1) is 5.92 Å². The van der Waals surface area contributed by atoms with E-state index in [0.717, 1.165) is 27.0 Å². The lowest BCUT2D eigenvalue weighted by Gasteiger charge is -2.18. The van der Waals surface area contributed by atoms with Crippen molar-refractivity contribution in [3.05, 3.63) is 58.1 Å². The summed E-state index contributed by atoms with van der Waals surface area (Å²) in [5, 5.41) is 2.91. The highest BCUT2D eigenvalue weighted by Crippen LogP contribution is 2.29. The molecule has 0 radical (unpaired) electrons. The molecule has 1 aliphatic rings. The second-order valence-electron chi connectivity index (χ2n) is 6.20. The minimum Gasteiger partial charge on any atom is -0.326 e. The van der Waals surface area contributed by atoms with E-state index in [2.05, 4.69) is 21.2 Å². The average Bonchev–Trinajstić information content (AvgIpc) is 2.92. The Hall–Kier alpha value is -2.14. The van der Waals surface area contributed by atoms with Gasteiger partial charge >= 0.3 is 0 Å².